The maximum atomic E-state index is 12.1. The molecule has 2 aromatic carbocycles. The lowest BCUT2D eigenvalue weighted by molar-refractivity contribution is 0.0955. The van der Waals surface area contributed by atoms with Crippen LogP contribution in [0.4, 0.5) is 0 Å². The molecule has 166 valence electrons. The zero-order chi connectivity index (χ0) is 22.1. The lowest BCUT2D eigenvalue weighted by Crippen LogP contribution is -2.51. The van der Waals surface area contributed by atoms with Gasteiger partial charge >= 0.3 is 0 Å². The normalized spacial score (nSPS) is 19.6. The molecule has 3 N–H and O–H groups in total. The molecule has 2 aromatic rings. The number of piperidine rings is 1. The summed E-state index contributed by atoms with van der Waals surface area (Å²) in [6, 6.07) is 19.3. The molecule has 1 saturated heterocycles. The molecule has 6 nitrogen and oxygen atoms in total. The van der Waals surface area contributed by atoms with Gasteiger partial charge in [-0.25, -0.2) is 0 Å². The van der Waals surface area contributed by atoms with E-state index < -0.39 is 0 Å². The Morgan fingerprint density at radius 3 is 2.58 bits per heavy atom. The van der Waals surface area contributed by atoms with Crippen LogP contribution in [0.15, 0.2) is 59.6 Å². The smallest absolute Gasteiger partial charge is 0.251 e. The maximum Gasteiger partial charge on any atom is 0.251 e. The summed E-state index contributed by atoms with van der Waals surface area (Å²) < 4.78 is 0. The van der Waals surface area contributed by atoms with E-state index in [0.29, 0.717) is 30.7 Å². The quantitative estimate of drug-likeness (QED) is 0.475. The summed E-state index contributed by atoms with van der Waals surface area (Å²) in [6.07, 6.45) is 2.17. The van der Waals surface area contributed by atoms with Crippen LogP contribution in [-0.4, -0.2) is 49.0 Å². The molecule has 0 saturated carbocycles. The minimum Gasteiger partial charge on any atom is -0.354 e. The molecule has 0 spiro atoms. The molecule has 31 heavy (non-hydrogen) atoms. The fourth-order valence-corrected chi connectivity index (χ4v) is 4.06. The Bertz CT molecular complexity index is 867. The van der Waals surface area contributed by atoms with Crippen LogP contribution >= 0.6 is 0 Å². The van der Waals surface area contributed by atoms with Crippen LogP contribution in [0.2, 0.25) is 0 Å². The van der Waals surface area contributed by atoms with Crippen molar-refractivity contribution in [3.63, 3.8) is 0 Å². The van der Waals surface area contributed by atoms with Gasteiger partial charge in [-0.3, -0.25) is 14.7 Å². The molecule has 1 amide bonds. The van der Waals surface area contributed by atoms with Crippen LogP contribution in [0.1, 0.15) is 48.2 Å². The monoisotopic (exact) mass is 421 g/mol. The molecule has 1 heterocycles. The number of amides is 1. The summed E-state index contributed by atoms with van der Waals surface area (Å²) in [7, 11) is 1.80. The largest absolute Gasteiger partial charge is 0.354 e. The summed E-state index contributed by atoms with van der Waals surface area (Å²) in [5.41, 5.74) is 3.11. The summed E-state index contributed by atoms with van der Waals surface area (Å²) in [4.78, 5) is 19.0. The van der Waals surface area contributed by atoms with Crippen LogP contribution in [0.5, 0.6) is 0 Å². The van der Waals surface area contributed by atoms with Crippen molar-refractivity contribution in [2.75, 3.05) is 20.1 Å². The number of hydrogen-bond donors (Lipinski definition) is 3. The number of benzene rings is 2. The van der Waals surface area contributed by atoms with E-state index in [-0.39, 0.29) is 5.91 Å². The molecule has 1 aliphatic rings. The predicted octanol–water partition coefficient (Wildman–Crippen LogP) is 3.15. The Balaban J connectivity index is 1.48. The SMILES string of the molecule is CCNC(=O)c1cccc(CNC(=NC)NC2CCN(Cc3ccccc3)C(C)C2)c1. The number of rotatable bonds is 7. The topological polar surface area (TPSA) is 68.8 Å². The maximum absolute atomic E-state index is 12.1. The molecule has 0 aliphatic carbocycles. The van der Waals surface area contributed by atoms with Crippen LogP contribution in [0.3, 0.4) is 0 Å². The van der Waals surface area contributed by atoms with Crippen LogP contribution < -0.4 is 16.0 Å². The average molecular weight is 422 g/mol. The standard InChI is InChI=1S/C25H35N5O/c1-4-27-24(31)22-12-8-11-21(16-22)17-28-25(26-3)29-23-13-14-30(19(2)15-23)18-20-9-6-5-7-10-20/h5-12,16,19,23H,4,13-15,17-18H2,1-3H3,(H,27,31)(H2,26,28,29). The van der Waals surface area contributed by atoms with Crippen molar-refractivity contribution in [3.05, 3.63) is 71.3 Å². The van der Waals surface area contributed by atoms with E-state index in [0.717, 1.165) is 37.5 Å². The fraction of sp³-hybridized carbons (Fsp3) is 0.440. The molecule has 1 fully saturated rings. The lowest BCUT2D eigenvalue weighted by atomic mass is 9.97. The third-order valence-corrected chi connectivity index (χ3v) is 5.79. The van der Waals surface area contributed by atoms with E-state index in [1.165, 1.54) is 5.56 Å². The highest BCUT2D eigenvalue weighted by Gasteiger charge is 2.25. The number of guanidine groups is 1. The second kappa shape index (κ2) is 11.5. The summed E-state index contributed by atoms with van der Waals surface area (Å²) in [5.74, 6) is 0.764. The molecule has 2 unspecified atom stereocenters. The average Bonchev–Trinajstić information content (AvgIpc) is 2.79. The summed E-state index contributed by atoms with van der Waals surface area (Å²) >= 11 is 0. The van der Waals surface area contributed by atoms with Gasteiger partial charge in [0.1, 0.15) is 0 Å². The first kappa shape index (κ1) is 22.8. The molecule has 0 radical (unpaired) electrons. The van der Waals surface area contributed by atoms with Gasteiger partial charge in [0.05, 0.1) is 0 Å². The number of nitrogens with one attached hydrogen (secondary N) is 3. The minimum absolute atomic E-state index is 0.0388. The number of carbonyl (C=O) groups excluding carboxylic acids is 1. The second-order valence-corrected chi connectivity index (χ2v) is 8.16. The molecular formula is C25H35N5O. The first-order valence-corrected chi connectivity index (χ1v) is 11.2. The van der Waals surface area contributed by atoms with Crippen molar-refractivity contribution < 1.29 is 4.79 Å². The Kier molecular flexibility index (Phi) is 8.47. The minimum atomic E-state index is -0.0388. The first-order chi connectivity index (χ1) is 15.1. The van der Waals surface area contributed by atoms with E-state index in [9.17, 15) is 4.79 Å². The molecule has 3 rings (SSSR count). The van der Waals surface area contributed by atoms with E-state index >= 15 is 0 Å². The number of hydrogen-bond acceptors (Lipinski definition) is 3. The van der Waals surface area contributed by atoms with Gasteiger partial charge in [-0.05, 0) is 49.9 Å². The predicted molar refractivity (Wildman–Crippen MR) is 127 cm³/mol. The van der Waals surface area contributed by atoms with Gasteiger partial charge in [-0.1, -0.05) is 42.5 Å². The number of carbonyl (C=O) groups is 1. The zero-order valence-electron chi connectivity index (χ0n) is 18.9. The van der Waals surface area contributed by atoms with Crippen LogP contribution in [0.25, 0.3) is 0 Å². The highest BCUT2D eigenvalue weighted by Crippen LogP contribution is 2.20. The van der Waals surface area contributed by atoms with Gasteiger partial charge in [0, 0.05) is 50.9 Å². The van der Waals surface area contributed by atoms with E-state index in [1.54, 1.807) is 7.05 Å². The van der Waals surface area contributed by atoms with Gasteiger partial charge in [-0.15, -0.1) is 0 Å². The van der Waals surface area contributed by atoms with Crippen LogP contribution in [-0.2, 0) is 13.1 Å². The molecule has 0 bridgehead atoms. The second-order valence-electron chi connectivity index (χ2n) is 8.16. The van der Waals surface area contributed by atoms with E-state index in [4.69, 9.17) is 0 Å². The fourth-order valence-electron chi connectivity index (χ4n) is 4.06. The van der Waals surface area contributed by atoms with E-state index in [1.807, 2.05) is 31.2 Å². The van der Waals surface area contributed by atoms with Crippen molar-refractivity contribution in [2.24, 2.45) is 4.99 Å². The molecule has 1 aliphatic heterocycles. The summed E-state index contributed by atoms with van der Waals surface area (Å²) in [5, 5.41) is 9.81. The van der Waals surface area contributed by atoms with Gasteiger partial charge in [0.2, 0.25) is 0 Å². The first-order valence-electron chi connectivity index (χ1n) is 11.2. The van der Waals surface area contributed by atoms with Gasteiger partial charge in [0.25, 0.3) is 5.91 Å². The van der Waals surface area contributed by atoms with Crippen molar-refractivity contribution in [1.82, 2.24) is 20.9 Å². The summed E-state index contributed by atoms with van der Waals surface area (Å²) in [6.45, 7) is 7.55. The van der Waals surface area contributed by atoms with Crippen molar-refractivity contribution in [1.29, 1.82) is 0 Å². The van der Waals surface area contributed by atoms with Crippen LogP contribution in [0, 0.1) is 0 Å². The van der Waals surface area contributed by atoms with Crippen molar-refractivity contribution >= 4 is 11.9 Å². The van der Waals surface area contributed by atoms with Crippen molar-refractivity contribution in [3.8, 4) is 0 Å². The molecular weight excluding hydrogens is 386 g/mol. The Hall–Kier alpha value is -2.86. The lowest BCUT2D eigenvalue weighted by Gasteiger charge is -2.38. The molecule has 2 atom stereocenters. The number of nitrogens with zero attached hydrogens (tertiary/aromatic N) is 2. The van der Waals surface area contributed by atoms with Gasteiger partial charge in [0.15, 0.2) is 5.96 Å². The van der Waals surface area contributed by atoms with Crippen molar-refractivity contribution in [2.45, 2.75) is 51.9 Å². The Morgan fingerprint density at radius 2 is 1.87 bits per heavy atom. The zero-order valence-corrected chi connectivity index (χ0v) is 18.9. The molecule has 6 heteroatoms. The number of likely N-dealkylation sites (tertiary alicyclic amines) is 1. The van der Waals surface area contributed by atoms with E-state index in [2.05, 4.69) is 63.1 Å². The highest BCUT2D eigenvalue weighted by atomic mass is 16.1. The Labute approximate surface area is 186 Å². The third-order valence-electron chi connectivity index (χ3n) is 5.79. The van der Waals surface area contributed by atoms with Gasteiger partial charge in [-0.2, -0.15) is 0 Å². The highest BCUT2D eigenvalue weighted by molar-refractivity contribution is 5.94. The third kappa shape index (κ3) is 6.82. The Morgan fingerprint density at radius 1 is 1.10 bits per heavy atom. The number of aliphatic imine (C=N–C) groups is 1. The molecule has 0 aromatic heterocycles. The van der Waals surface area contributed by atoms with Gasteiger partial charge < -0.3 is 16.0 Å².